The molecular formula is C11H17NO4. The van der Waals surface area contributed by atoms with E-state index >= 15 is 0 Å². The van der Waals surface area contributed by atoms with Crippen molar-refractivity contribution in [2.24, 2.45) is 11.7 Å². The molecule has 0 aromatic rings. The zero-order valence-electron chi connectivity index (χ0n) is 9.73. The maximum atomic E-state index is 11.4. The van der Waals surface area contributed by atoms with E-state index in [2.05, 4.69) is 4.74 Å². The van der Waals surface area contributed by atoms with Crippen molar-refractivity contribution in [1.29, 1.82) is 0 Å². The quantitative estimate of drug-likeness (QED) is 0.244. The molecular weight excluding hydrogens is 210 g/mol. The van der Waals surface area contributed by atoms with Gasteiger partial charge < -0.3 is 10.5 Å². The Hall–Kier alpha value is -1.49. The summed E-state index contributed by atoms with van der Waals surface area (Å²) in [7, 11) is 0. The molecule has 0 aromatic carbocycles. The summed E-state index contributed by atoms with van der Waals surface area (Å²) in [5.41, 5.74) is 5.38. The lowest BCUT2D eigenvalue weighted by atomic mass is 10.0. The molecule has 0 aliphatic heterocycles. The molecule has 0 bridgehead atoms. The SMILES string of the molecule is C/C=C(\C=O)C(=O)OC(=O)[C@@H](N)[C@@H](C)CC. The molecule has 16 heavy (non-hydrogen) atoms. The molecule has 2 atom stereocenters. The van der Waals surface area contributed by atoms with Gasteiger partial charge in [0.05, 0.1) is 5.57 Å². The summed E-state index contributed by atoms with van der Waals surface area (Å²) >= 11 is 0. The van der Waals surface area contributed by atoms with E-state index in [1.807, 2.05) is 6.92 Å². The first-order valence-electron chi connectivity index (χ1n) is 5.10. The number of hydrogen-bond donors (Lipinski definition) is 1. The highest BCUT2D eigenvalue weighted by molar-refractivity contribution is 6.10. The molecule has 0 amide bonds. The zero-order valence-corrected chi connectivity index (χ0v) is 9.73. The lowest BCUT2D eigenvalue weighted by Gasteiger charge is -2.15. The molecule has 0 spiro atoms. The van der Waals surface area contributed by atoms with E-state index in [0.29, 0.717) is 12.7 Å². The topological polar surface area (TPSA) is 86.5 Å². The normalized spacial score (nSPS) is 15.1. The van der Waals surface area contributed by atoms with Crippen LogP contribution in [-0.2, 0) is 19.1 Å². The van der Waals surface area contributed by atoms with E-state index in [1.165, 1.54) is 13.0 Å². The van der Waals surface area contributed by atoms with Crippen LogP contribution in [0.2, 0.25) is 0 Å². The van der Waals surface area contributed by atoms with Gasteiger partial charge in [0.2, 0.25) is 0 Å². The first-order valence-corrected chi connectivity index (χ1v) is 5.10. The Balaban J connectivity index is 4.46. The number of aldehydes is 1. The minimum Gasteiger partial charge on any atom is -0.388 e. The fourth-order valence-electron chi connectivity index (χ4n) is 0.939. The average Bonchev–Trinajstić information content (AvgIpc) is 2.28. The smallest absolute Gasteiger partial charge is 0.348 e. The van der Waals surface area contributed by atoms with E-state index < -0.39 is 18.0 Å². The summed E-state index contributed by atoms with van der Waals surface area (Å²) in [6, 6.07) is -0.848. The van der Waals surface area contributed by atoms with Crippen LogP contribution in [0.15, 0.2) is 11.6 Å². The van der Waals surface area contributed by atoms with Crippen molar-refractivity contribution in [2.45, 2.75) is 33.2 Å². The monoisotopic (exact) mass is 227 g/mol. The molecule has 0 aromatic heterocycles. The number of hydrogen-bond acceptors (Lipinski definition) is 5. The van der Waals surface area contributed by atoms with Crippen LogP contribution in [0.1, 0.15) is 27.2 Å². The van der Waals surface area contributed by atoms with Gasteiger partial charge in [-0.15, -0.1) is 0 Å². The second kappa shape index (κ2) is 6.90. The van der Waals surface area contributed by atoms with Crippen LogP contribution in [0.3, 0.4) is 0 Å². The summed E-state index contributed by atoms with van der Waals surface area (Å²) in [4.78, 5) is 33.0. The van der Waals surface area contributed by atoms with Crippen molar-refractivity contribution in [3.63, 3.8) is 0 Å². The van der Waals surface area contributed by atoms with Crippen LogP contribution in [0.5, 0.6) is 0 Å². The van der Waals surface area contributed by atoms with E-state index in [1.54, 1.807) is 6.92 Å². The molecule has 5 nitrogen and oxygen atoms in total. The Kier molecular flexibility index (Phi) is 6.25. The van der Waals surface area contributed by atoms with Crippen LogP contribution in [0, 0.1) is 5.92 Å². The molecule has 5 heteroatoms. The molecule has 0 saturated carbocycles. The number of esters is 2. The third-order valence-corrected chi connectivity index (χ3v) is 2.40. The number of ether oxygens (including phenoxy) is 1. The third-order valence-electron chi connectivity index (χ3n) is 2.40. The Bertz CT molecular complexity index is 309. The minimum atomic E-state index is -0.957. The Morgan fingerprint density at radius 3 is 2.38 bits per heavy atom. The van der Waals surface area contributed by atoms with Crippen LogP contribution < -0.4 is 5.73 Å². The van der Waals surface area contributed by atoms with Crippen molar-refractivity contribution < 1.29 is 19.1 Å². The molecule has 0 unspecified atom stereocenters. The average molecular weight is 227 g/mol. The number of nitrogens with two attached hydrogens (primary N) is 1. The van der Waals surface area contributed by atoms with Gasteiger partial charge in [-0.05, 0) is 12.8 Å². The van der Waals surface area contributed by atoms with Gasteiger partial charge in [-0.2, -0.15) is 0 Å². The molecule has 0 aliphatic carbocycles. The van der Waals surface area contributed by atoms with Crippen LogP contribution >= 0.6 is 0 Å². The van der Waals surface area contributed by atoms with Gasteiger partial charge in [-0.1, -0.05) is 26.3 Å². The lowest BCUT2D eigenvalue weighted by Crippen LogP contribution is -2.39. The van der Waals surface area contributed by atoms with Gasteiger partial charge in [0.1, 0.15) is 6.04 Å². The largest absolute Gasteiger partial charge is 0.388 e. The van der Waals surface area contributed by atoms with E-state index in [-0.39, 0.29) is 11.5 Å². The Labute approximate surface area is 94.6 Å². The summed E-state index contributed by atoms with van der Waals surface area (Å²) in [5, 5.41) is 0. The summed E-state index contributed by atoms with van der Waals surface area (Å²) < 4.78 is 4.48. The first-order chi connectivity index (χ1) is 7.47. The van der Waals surface area contributed by atoms with Gasteiger partial charge in [0.15, 0.2) is 6.29 Å². The van der Waals surface area contributed by atoms with Crippen molar-refractivity contribution in [2.75, 3.05) is 0 Å². The molecule has 0 heterocycles. The zero-order chi connectivity index (χ0) is 12.7. The van der Waals surface area contributed by atoms with Crippen LogP contribution in [0.25, 0.3) is 0 Å². The number of allylic oxidation sites excluding steroid dienone is 1. The van der Waals surface area contributed by atoms with E-state index in [0.717, 1.165) is 0 Å². The second-order valence-corrected chi connectivity index (χ2v) is 3.48. The Morgan fingerprint density at radius 2 is 2.00 bits per heavy atom. The maximum absolute atomic E-state index is 11.4. The summed E-state index contributed by atoms with van der Waals surface area (Å²) in [5.74, 6) is -1.84. The maximum Gasteiger partial charge on any atom is 0.348 e. The van der Waals surface area contributed by atoms with Gasteiger partial charge in [-0.25, -0.2) is 9.59 Å². The lowest BCUT2D eigenvalue weighted by molar-refractivity contribution is -0.158. The highest BCUT2D eigenvalue weighted by atomic mass is 16.6. The van der Waals surface area contributed by atoms with Crippen molar-refractivity contribution in [3.05, 3.63) is 11.6 Å². The predicted molar refractivity (Wildman–Crippen MR) is 58.4 cm³/mol. The standard InChI is InChI=1S/C11H17NO4/c1-4-7(3)9(12)11(15)16-10(14)8(5-2)6-13/h5-7,9H,4,12H2,1-3H3/b8-5+/t7-,9-/m0/s1. The summed E-state index contributed by atoms with van der Waals surface area (Å²) in [6.07, 6.45) is 2.32. The molecule has 0 aliphatic rings. The molecule has 90 valence electrons. The fraction of sp³-hybridized carbons (Fsp3) is 0.545. The summed E-state index contributed by atoms with van der Waals surface area (Å²) in [6.45, 7) is 5.17. The van der Waals surface area contributed by atoms with Crippen LogP contribution in [0.4, 0.5) is 0 Å². The highest BCUT2D eigenvalue weighted by Gasteiger charge is 2.24. The number of carbonyl (C=O) groups is 3. The van der Waals surface area contributed by atoms with Crippen LogP contribution in [-0.4, -0.2) is 24.3 Å². The fourth-order valence-corrected chi connectivity index (χ4v) is 0.939. The number of rotatable bonds is 5. The molecule has 0 saturated heterocycles. The minimum absolute atomic E-state index is 0.0782. The molecule has 2 N–H and O–H groups in total. The van der Waals surface area contributed by atoms with Gasteiger partial charge >= 0.3 is 11.9 Å². The predicted octanol–water partition coefficient (Wildman–Crippen LogP) is 0.575. The van der Waals surface area contributed by atoms with Gasteiger partial charge in [-0.3, -0.25) is 4.79 Å². The Morgan fingerprint density at radius 1 is 1.44 bits per heavy atom. The number of carbonyl (C=O) groups excluding carboxylic acids is 3. The van der Waals surface area contributed by atoms with E-state index in [4.69, 9.17) is 5.73 Å². The molecule has 0 fully saturated rings. The molecule has 0 rings (SSSR count). The molecule has 0 radical (unpaired) electrons. The third kappa shape index (κ3) is 3.94. The van der Waals surface area contributed by atoms with Crippen molar-refractivity contribution in [3.8, 4) is 0 Å². The highest BCUT2D eigenvalue weighted by Crippen LogP contribution is 2.07. The van der Waals surface area contributed by atoms with Gasteiger partial charge in [0, 0.05) is 0 Å². The van der Waals surface area contributed by atoms with E-state index in [9.17, 15) is 14.4 Å². The second-order valence-electron chi connectivity index (χ2n) is 3.48. The van der Waals surface area contributed by atoms with Gasteiger partial charge in [0.25, 0.3) is 0 Å². The van der Waals surface area contributed by atoms with Crippen molar-refractivity contribution >= 4 is 18.2 Å². The first kappa shape index (κ1) is 14.5. The van der Waals surface area contributed by atoms with Crippen molar-refractivity contribution in [1.82, 2.24) is 0 Å².